The molecule has 0 atom stereocenters. The molecule has 0 unspecified atom stereocenters. The Morgan fingerprint density at radius 1 is 1.53 bits per heavy atom. The van der Waals surface area contributed by atoms with Gasteiger partial charge in [0.15, 0.2) is 0 Å². The van der Waals surface area contributed by atoms with E-state index in [1.807, 2.05) is 13.1 Å². The lowest BCUT2D eigenvalue weighted by atomic mass is 10.2. The Kier molecular flexibility index (Phi) is 4.01. The van der Waals surface area contributed by atoms with Crippen molar-refractivity contribution < 1.29 is 4.79 Å². The van der Waals surface area contributed by atoms with E-state index in [9.17, 15) is 4.79 Å². The molecule has 0 spiro atoms. The van der Waals surface area contributed by atoms with Crippen molar-refractivity contribution in [3.63, 3.8) is 0 Å². The molecule has 0 fully saturated rings. The van der Waals surface area contributed by atoms with Crippen LogP contribution in [-0.4, -0.2) is 27.2 Å². The lowest BCUT2D eigenvalue weighted by molar-refractivity contribution is 0.0952. The molecule has 0 saturated heterocycles. The van der Waals surface area contributed by atoms with E-state index in [1.54, 1.807) is 10.9 Å². The minimum absolute atomic E-state index is 0.261. The molecule has 2 aromatic rings. The Labute approximate surface area is 115 Å². The molecule has 100 valence electrons. The van der Waals surface area contributed by atoms with E-state index < -0.39 is 0 Å². The Morgan fingerprint density at radius 3 is 3.00 bits per heavy atom. The van der Waals surface area contributed by atoms with Crippen molar-refractivity contribution in [2.75, 3.05) is 12.3 Å². The average Bonchev–Trinajstić information content (AvgIpc) is 2.78. The van der Waals surface area contributed by atoms with Gasteiger partial charge in [0.25, 0.3) is 5.91 Å². The molecule has 0 saturated carbocycles. The second-order valence-corrected chi connectivity index (χ2v) is 4.53. The maximum atomic E-state index is 11.9. The summed E-state index contributed by atoms with van der Waals surface area (Å²) in [5, 5.41) is 7.16. The highest BCUT2D eigenvalue weighted by Crippen LogP contribution is 2.16. The number of aromatic nitrogens is 3. The van der Waals surface area contributed by atoms with Gasteiger partial charge in [-0.05, 0) is 18.6 Å². The van der Waals surface area contributed by atoms with Crippen molar-refractivity contribution in [3.8, 4) is 0 Å². The molecule has 19 heavy (non-hydrogen) atoms. The maximum absolute atomic E-state index is 11.9. The molecular weight excluding hydrogens is 266 g/mol. The van der Waals surface area contributed by atoms with Crippen molar-refractivity contribution in [1.82, 2.24) is 20.1 Å². The highest BCUT2D eigenvalue weighted by atomic mass is 35.5. The number of hydrogen-bond acceptors (Lipinski definition) is 4. The number of hydrogen-bond donors (Lipinski definition) is 2. The molecule has 6 nitrogen and oxygen atoms in total. The number of nitrogens with two attached hydrogens (primary N) is 1. The maximum Gasteiger partial charge on any atom is 0.253 e. The predicted molar refractivity (Wildman–Crippen MR) is 73.0 cm³/mol. The molecule has 0 radical (unpaired) electrons. The van der Waals surface area contributed by atoms with Gasteiger partial charge in [-0.15, -0.1) is 0 Å². The standard InChI is InChI=1S/C12H14ClN5O/c1-8-5-17-18(7-8)3-2-15-12(19)9-4-11(14)16-6-10(9)13/h4-7H,2-3H2,1H3,(H2,14,16)(H,15,19). The number of nitrogen functional groups attached to an aromatic ring is 1. The van der Waals surface area contributed by atoms with Crippen molar-refractivity contribution in [3.05, 3.63) is 40.8 Å². The summed E-state index contributed by atoms with van der Waals surface area (Å²) in [6.07, 6.45) is 5.04. The van der Waals surface area contributed by atoms with E-state index in [1.165, 1.54) is 12.3 Å². The van der Waals surface area contributed by atoms with Crippen molar-refractivity contribution in [2.45, 2.75) is 13.5 Å². The summed E-state index contributed by atoms with van der Waals surface area (Å²) in [6, 6.07) is 1.45. The van der Waals surface area contributed by atoms with Gasteiger partial charge in [-0.3, -0.25) is 9.48 Å². The van der Waals surface area contributed by atoms with Crippen LogP contribution in [0, 0.1) is 6.92 Å². The normalized spacial score (nSPS) is 10.4. The fourth-order valence-corrected chi connectivity index (χ4v) is 1.79. The van der Waals surface area contributed by atoms with Gasteiger partial charge in [-0.2, -0.15) is 5.10 Å². The van der Waals surface area contributed by atoms with Crippen molar-refractivity contribution in [1.29, 1.82) is 0 Å². The van der Waals surface area contributed by atoms with E-state index >= 15 is 0 Å². The number of carbonyl (C=O) groups excluding carboxylic acids is 1. The van der Waals surface area contributed by atoms with Gasteiger partial charge in [0.05, 0.1) is 23.3 Å². The highest BCUT2D eigenvalue weighted by Gasteiger charge is 2.10. The number of rotatable bonds is 4. The molecular formula is C12H14ClN5O. The lowest BCUT2D eigenvalue weighted by Gasteiger charge is -2.07. The van der Waals surface area contributed by atoms with Crippen LogP contribution in [0.1, 0.15) is 15.9 Å². The minimum Gasteiger partial charge on any atom is -0.384 e. The SMILES string of the molecule is Cc1cnn(CCNC(=O)c2cc(N)ncc2Cl)c1. The molecule has 0 aliphatic carbocycles. The van der Waals surface area contributed by atoms with E-state index in [-0.39, 0.29) is 16.7 Å². The van der Waals surface area contributed by atoms with Crippen LogP contribution in [0.2, 0.25) is 5.02 Å². The summed E-state index contributed by atoms with van der Waals surface area (Å²) in [7, 11) is 0. The molecule has 2 aromatic heterocycles. The number of pyridine rings is 1. The number of amides is 1. The van der Waals surface area contributed by atoms with Gasteiger partial charge >= 0.3 is 0 Å². The third-order valence-electron chi connectivity index (χ3n) is 2.51. The van der Waals surface area contributed by atoms with Gasteiger partial charge in [0.2, 0.25) is 0 Å². The third kappa shape index (κ3) is 3.45. The molecule has 0 aliphatic heterocycles. The Hall–Kier alpha value is -2.08. The van der Waals surface area contributed by atoms with Crippen LogP contribution in [0.5, 0.6) is 0 Å². The summed E-state index contributed by atoms with van der Waals surface area (Å²) in [4.78, 5) is 15.7. The summed E-state index contributed by atoms with van der Waals surface area (Å²) in [5.41, 5.74) is 6.93. The number of nitrogens with one attached hydrogen (secondary N) is 1. The number of anilines is 1. The number of carbonyl (C=O) groups is 1. The lowest BCUT2D eigenvalue weighted by Crippen LogP contribution is -2.27. The number of nitrogens with zero attached hydrogens (tertiary/aromatic N) is 3. The summed E-state index contributed by atoms with van der Waals surface area (Å²) >= 11 is 5.89. The van der Waals surface area contributed by atoms with Crippen molar-refractivity contribution in [2.24, 2.45) is 0 Å². The van der Waals surface area contributed by atoms with Crippen LogP contribution in [0.15, 0.2) is 24.7 Å². The summed E-state index contributed by atoms with van der Waals surface area (Å²) in [6.45, 7) is 3.01. The molecule has 3 N–H and O–H groups in total. The predicted octanol–water partition coefficient (Wildman–Crippen LogP) is 1.25. The summed E-state index contributed by atoms with van der Waals surface area (Å²) < 4.78 is 1.76. The highest BCUT2D eigenvalue weighted by molar-refractivity contribution is 6.33. The van der Waals surface area contributed by atoms with Crippen LogP contribution in [-0.2, 0) is 6.54 Å². The average molecular weight is 280 g/mol. The third-order valence-corrected chi connectivity index (χ3v) is 2.81. The Morgan fingerprint density at radius 2 is 2.32 bits per heavy atom. The van der Waals surface area contributed by atoms with Crippen LogP contribution < -0.4 is 11.1 Å². The first-order chi connectivity index (χ1) is 9.06. The van der Waals surface area contributed by atoms with Crippen LogP contribution in [0.4, 0.5) is 5.82 Å². The Bertz CT molecular complexity index is 596. The fourth-order valence-electron chi connectivity index (χ4n) is 1.60. The first-order valence-electron chi connectivity index (χ1n) is 5.74. The molecule has 1 amide bonds. The zero-order valence-electron chi connectivity index (χ0n) is 10.4. The molecule has 2 rings (SSSR count). The zero-order valence-corrected chi connectivity index (χ0v) is 11.2. The van der Waals surface area contributed by atoms with Gasteiger partial charge in [-0.1, -0.05) is 11.6 Å². The molecule has 7 heteroatoms. The van der Waals surface area contributed by atoms with E-state index in [4.69, 9.17) is 17.3 Å². The van der Waals surface area contributed by atoms with E-state index in [0.29, 0.717) is 18.7 Å². The minimum atomic E-state index is -0.275. The van der Waals surface area contributed by atoms with E-state index in [0.717, 1.165) is 5.56 Å². The topological polar surface area (TPSA) is 85.8 Å². The number of halogens is 1. The second-order valence-electron chi connectivity index (χ2n) is 4.13. The first kappa shape index (κ1) is 13.4. The van der Waals surface area contributed by atoms with Gasteiger partial charge in [0.1, 0.15) is 5.82 Å². The first-order valence-corrected chi connectivity index (χ1v) is 6.12. The van der Waals surface area contributed by atoms with Crippen LogP contribution in [0.25, 0.3) is 0 Å². The second kappa shape index (κ2) is 5.71. The summed E-state index contributed by atoms with van der Waals surface area (Å²) in [5.74, 6) is -0.0137. The largest absolute Gasteiger partial charge is 0.384 e. The number of aryl methyl sites for hydroxylation is 1. The zero-order chi connectivity index (χ0) is 13.8. The fraction of sp³-hybridized carbons (Fsp3) is 0.250. The molecule has 0 aliphatic rings. The van der Waals surface area contributed by atoms with Crippen LogP contribution >= 0.6 is 11.6 Å². The van der Waals surface area contributed by atoms with Gasteiger partial charge < -0.3 is 11.1 Å². The smallest absolute Gasteiger partial charge is 0.253 e. The quantitative estimate of drug-likeness (QED) is 0.882. The van der Waals surface area contributed by atoms with E-state index in [2.05, 4.69) is 15.4 Å². The Balaban J connectivity index is 1.92. The van der Waals surface area contributed by atoms with Crippen LogP contribution in [0.3, 0.4) is 0 Å². The van der Waals surface area contributed by atoms with Gasteiger partial charge in [-0.25, -0.2) is 4.98 Å². The molecule has 0 aromatic carbocycles. The van der Waals surface area contributed by atoms with Gasteiger partial charge in [0, 0.05) is 18.9 Å². The monoisotopic (exact) mass is 279 g/mol. The molecule has 2 heterocycles. The van der Waals surface area contributed by atoms with Crippen molar-refractivity contribution >= 4 is 23.3 Å². The molecule has 0 bridgehead atoms.